The van der Waals surface area contributed by atoms with E-state index < -0.39 is 6.04 Å². The second kappa shape index (κ2) is 6.00. The van der Waals surface area contributed by atoms with Crippen molar-refractivity contribution in [2.75, 3.05) is 13.2 Å². The van der Waals surface area contributed by atoms with Crippen molar-refractivity contribution in [1.82, 2.24) is 10.6 Å². The molecule has 2 N–H and O–H groups in total. The fraction of sp³-hybridized carbons (Fsp3) is 0.833. The summed E-state index contributed by atoms with van der Waals surface area (Å²) >= 11 is 0. The standard InChI is InChI=1S/C12H22N2O3/c1-12(2,3)17-8-10(15)14-9-6-4-5-7-13-11(9)16/h9H,4-8H2,1-3H3,(H,13,16)(H,14,15). The fourth-order valence-electron chi connectivity index (χ4n) is 1.60. The van der Waals surface area contributed by atoms with Crippen LogP contribution in [0, 0.1) is 0 Å². The van der Waals surface area contributed by atoms with Crippen molar-refractivity contribution in [3.8, 4) is 0 Å². The van der Waals surface area contributed by atoms with E-state index in [9.17, 15) is 9.59 Å². The summed E-state index contributed by atoms with van der Waals surface area (Å²) in [5.41, 5.74) is -0.344. The van der Waals surface area contributed by atoms with E-state index in [4.69, 9.17) is 4.74 Å². The van der Waals surface area contributed by atoms with Crippen LogP contribution in [-0.4, -0.2) is 36.6 Å². The molecule has 1 unspecified atom stereocenters. The van der Waals surface area contributed by atoms with Crippen LogP contribution in [0.1, 0.15) is 40.0 Å². The molecule has 2 amide bonds. The quantitative estimate of drug-likeness (QED) is 0.761. The molecule has 0 aliphatic carbocycles. The second-order valence-electron chi connectivity index (χ2n) is 5.31. The van der Waals surface area contributed by atoms with E-state index in [2.05, 4.69) is 10.6 Å². The molecular formula is C12H22N2O3. The van der Waals surface area contributed by atoms with Crippen LogP contribution in [0.3, 0.4) is 0 Å². The van der Waals surface area contributed by atoms with Gasteiger partial charge in [-0.2, -0.15) is 0 Å². The van der Waals surface area contributed by atoms with Crippen LogP contribution in [0.4, 0.5) is 0 Å². The van der Waals surface area contributed by atoms with Crippen LogP contribution in [0.25, 0.3) is 0 Å². The van der Waals surface area contributed by atoms with Gasteiger partial charge in [0, 0.05) is 6.54 Å². The lowest BCUT2D eigenvalue weighted by Gasteiger charge is -2.20. The van der Waals surface area contributed by atoms with Gasteiger partial charge in [-0.3, -0.25) is 9.59 Å². The molecule has 0 spiro atoms. The molecule has 1 aliphatic rings. The van der Waals surface area contributed by atoms with Crippen LogP contribution in [0.15, 0.2) is 0 Å². The Morgan fingerprint density at radius 3 is 2.82 bits per heavy atom. The maximum absolute atomic E-state index is 11.6. The Morgan fingerprint density at radius 2 is 2.18 bits per heavy atom. The lowest BCUT2D eigenvalue weighted by atomic mass is 10.1. The molecule has 1 atom stereocenters. The van der Waals surface area contributed by atoms with E-state index in [1.165, 1.54) is 0 Å². The summed E-state index contributed by atoms with van der Waals surface area (Å²) in [4.78, 5) is 23.2. The van der Waals surface area contributed by atoms with Gasteiger partial charge < -0.3 is 15.4 Å². The summed E-state index contributed by atoms with van der Waals surface area (Å²) < 4.78 is 5.36. The molecule has 0 aromatic carbocycles. The van der Waals surface area contributed by atoms with Gasteiger partial charge in [-0.1, -0.05) is 0 Å². The lowest BCUT2D eigenvalue weighted by molar-refractivity contribution is -0.134. The summed E-state index contributed by atoms with van der Waals surface area (Å²) in [5, 5.41) is 5.48. The normalized spacial score (nSPS) is 21.6. The zero-order valence-electron chi connectivity index (χ0n) is 10.8. The average molecular weight is 242 g/mol. The van der Waals surface area contributed by atoms with Gasteiger partial charge in [-0.15, -0.1) is 0 Å². The minimum absolute atomic E-state index is 0.00667. The SMILES string of the molecule is CC(C)(C)OCC(=O)NC1CCCCNC1=O. The van der Waals surface area contributed by atoms with Crippen molar-refractivity contribution >= 4 is 11.8 Å². The number of carbonyl (C=O) groups excluding carboxylic acids is 2. The van der Waals surface area contributed by atoms with Gasteiger partial charge in [0.05, 0.1) is 5.60 Å². The number of rotatable bonds is 3. The first-order valence-corrected chi connectivity index (χ1v) is 6.09. The van der Waals surface area contributed by atoms with E-state index in [0.717, 1.165) is 12.8 Å². The van der Waals surface area contributed by atoms with Crippen LogP contribution in [-0.2, 0) is 14.3 Å². The monoisotopic (exact) mass is 242 g/mol. The first kappa shape index (κ1) is 14.0. The second-order valence-corrected chi connectivity index (χ2v) is 5.31. The highest BCUT2D eigenvalue weighted by atomic mass is 16.5. The van der Waals surface area contributed by atoms with E-state index >= 15 is 0 Å². The van der Waals surface area contributed by atoms with Crippen molar-refractivity contribution in [1.29, 1.82) is 0 Å². The molecule has 0 radical (unpaired) electrons. The number of hydrogen-bond donors (Lipinski definition) is 2. The van der Waals surface area contributed by atoms with E-state index in [0.29, 0.717) is 13.0 Å². The molecule has 1 fully saturated rings. The summed E-state index contributed by atoms with van der Waals surface area (Å²) in [6.45, 7) is 6.35. The smallest absolute Gasteiger partial charge is 0.246 e. The highest BCUT2D eigenvalue weighted by Crippen LogP contribution is 2.07. The first-order chi connectivity index (χ1) is 7.88. The summed E-state index contributed by atoms with van der Waals surface area (Å²) in [6, 6.07) is -0.409. The molecule has 5 nitrogen and oxygen atoms in total. The fourth-order valence-corrected chi connectivity index (χ4v) is 1.60. The van der Waals surface area contributed by atoms with Gasteiger partial charge in [0.2, 0.25) is 11.8 Å². The van der Waals surface area contributed by atoms with Gasteiger partial charge in [0.1, 0.15) is 12.6 Å². The van der Waals surface area contributed by atoms with Crippen LogP contribution >= 0.6 is 0 Å². The Balaban J connectivity index is 2.36. The highest BCUT2D eigenvalue weighted by Gasteiger charge is 2.23. The van der Waals surface area contributed by atoms with Crippen LogP contribution < -0.4 is 10.6 Å². The van der Waals surface area contributed by atoms with Gasteiger partial charge in [0.15, 0.2) is 0 Å². The molecule has 1 aliphatic heterocycles. The predicted molar refractivity (Wildman–Crippen MR) is 64.5 cm³/mol. The van der Waals surface area contributed by atoms with Crippen LogP contribution in [0.2, 0.25) is 0 Å². The predicted octanol–water partition coefficient (Wildman–Crippen LogP) is 0.586. The van der Waals surface area contributed by atoms with Gasteiger partial charge in [-0.05, 0) is 40.0 Å². The maximum atomic E-state index is 11.6. The third-order valence-corrected chi connectivity index (χ3v) is 2.51. The number of nitrogens with one attached hydrogen (secondary N) is 2. The van der Waals surface area contributed by atoms with Crippen molar-refractivity contribution in [2.24, 2.45) is 0 Å². The van der Waals surface area contributed by atoms with E-state index in [1.807, 2.05) is 20.8 Å². The molecule has 1 heterocycles. The molecule has 1 rings (SSSR count). The van der Waals surface area contributed by atoms with Crippen molar-refractivity contribution in [2.45, 2.75) is 51.7 Å². The largest absolute Gasteiger partial charge is 0.366 e. The molecule has 0 aromatic rings. The topological polar surface area (TPSA) is 67.4 Å². The van der Waals surface area contributed by atoms with E-state index in [-0.39, 0.29) is 24.0 Å². The molecule has 0 aromatic heterocycles. The molecule has 5 heteroatoms. The first-order valence-electron chi connectivity index (χ1n) is 6.09. The van der Waals surface area contributed by atoms with E-state index in [1.54, 1.807) is 0 Å². The Bertz CT molecular complexity index is 284. The summed E-state index contributed by atoms with van der Waals surface area (Å²) in [7, 11) is 0. The molecule has 98 valence electrons. The third-order valence-electron chi connectivity index (χ3n) is 2.51. The van der Waals surface area contributed by atoms with Crippen molar-refractivity contribution in [3.05, 3.63) is 0 Å². The third kappa shape index (κ3) is 5.68. The summed E-state index contributed by atoms with van der Waals surface area (Å²) in [5.74, 6) is -0.325. The van der Waals surface area contributed by atoms with Crippen molar-refractivity contribution < 1.29 is 14.3 Å². The maximum Gasteiger partial charge on any atom is 0.246 e. The number of amides is 2. The molecule has 1 saturated heterocycles. The summed E-state index contributed by atoms with van der Waals surface area (Å²) in [6.07, 6.45) is 2.62. The Hall–Kier alpha value is -1.10. The lowest BCUT2D eigenvalue weighted by Crippen LogP contribution is -2.47. The average Bonchev–Trinajstić information content (AvgIpc) is 2.41. The van der Waals surface area contributed by atoms with Gasteiger partial charge in [0.25, 0.3) is 0 Å². The Labute approximate surface area is 102 Å². The number of ether oxygens (including phenoxy) is 1. The Kier molecular flexibility index (Phi) is 4.93. The minimum atomic E-state index is -0.409. The van der Waals surface area contributed by atoms with Gasteiger partial charge in [-0.25, -0.2) is 0 Å². The zero-order chi connectivity index (χ0) is 12.9. The molecule has 17 heavy (non-hydrogen) atoms. The molecular weight excluding hydrogens is 220 g/mol. The van der Waals surface area contributed by atoms with Crippen molar-refractivity contribution in [3.63, 3.8) is 0 Å². The Morgan fingerprint density at radius 1 is 1.47 bits per heavy atom. The molecule has 0 saturated carbocycles. The van der Waals surface area contributed by atoms with Gasteiger partial charge >= 0.3 is 0 Å². The number of hydrogen-bond acceptors (Lipinski definition) is 3. The highest BCUT2D eigenvalue weighted by molar-refractivity contribution is 5.88. The minimum Gasteiger partial charge on any atom is -0.366 e. The zero-order valence-corrected chi connectivity index (χ0v) is 10.8. The number of carbonyl (C=O) groups is 2. The molecule has 0 bridgehead atoms. The van der Waals surface area contributed by atoms with Crippen LogP contribution in [0.5, 0.6) is 0 Å².